The van der Waals surface area contributed by atoms with Gasteiger partial charge in [0.25, 0.3) is 5.91 Å². The van der Waals surface area contributed by atoms with Crippen molar-refractivity contribution in [2.24, 2.45) is 11.7 Å². The number of nitrogens with one attached hydrogen (secondary N) is 1. The molecule has 19 heavy (non-hydrogen) atoms. The predicted molar refractivity (Wildman–Crippen MR) is 88.3 cm³/mol. The lowest BCUT2D eigenvalue weighted by atomic mass is 9.90. The highest BCUT2D eigenvalue weighted by Crippen LogP contribution is 2.19. The fraction of sp³-hybridized carbons (Fsp3) is 0.533. The molecule has 3 N–H and O–H groups in total. The Balaban J connectivity index is 2.92. The van der Waals surface area contributed by atoms with Crippen LogP contribution in [0.5, 0.6) is 0 Å². The van der Waals surface area contributed by atoms with Gasteiger partial charge in [-0.1, -0.05) is 19.9 Å². The molecule has 0 aromatic heterocycles. The Morgan fingerprint density at radius 3 is 2.63 bits per heavy atom. The molecule has 0 radical (unpaired) electrons. The van der Waals surface area contributed by atoms with Gasteiger partial charge in [-0.05, 0) is 66.5 Å². The van der Waals surface area contributed by atoms with Crippen molar-refractivity contribution in [3.63, 3.8) is 0 Å². The minimum Gasteiger partial charge on any atom is -0.346 e. The molecule has 3 nitrogen and oxygen atoms in total. The molecule has 0 bridgehead atoms. The zero-order valence-corrected chi connectivity index (χ0v) is 14.2. The predicted octanol–water partition coefficient (Wildman–Crippen LogP) is 3.09. The maximum atomic E-state index is 12.4. The molecule has 1 aromatic carbocycles. The molecule has 4 heteroatoms. The first kappa shape index (κ1) is 16.4. The molecule has 0 aliphatic carbocycles. The molecule has 0 aliphatic rings. The van der Waals surface area contributed by atoms with E-state index in [9.17, 15) is 4.79 Å². The molecule has 1 aromatic rings. The Bertz CT molecular complexity index is 459. The Morgan fingerprint density at radius 1 is 1.47 bits per heavy atom. The molecule has 0 heterocycles. The number of amides is 1. The molecule has 0 aliphatic heterocycles. The van der Waals surface area contributed by atoms with Gasteiger partial charge >= 0.3 is 0 Å². The van der Waals surface area contributed by atoms with Crippen molar-refractivity contribution in [1.82, 2.24) is 5.32 Å². The van der Waals surface area contributed by atoms with Gasteiger partial charge < -0.3 is 11.1 Å². The van der Waals surface area contributed by atoms with E-state index in [1.807, 2.05) is 32.0 Å². The number of nitrogens with two attached hydrogens (primary N) is 1. The van der Waals surface area contributed by atoms with Crippen molar-refractivity contribution in [2.75, 3.05) is 6.54 Å². The second-order valence-corrected chi connectivity index (χ2v) is 6.89. The third kappa shape index (κ3) is 4.45. The fourth-order valence-corrected chi connectivity index (χ4v) is 2.78. The van der Waals surface area contributed by atoms with E-state index in [4.69, 9.17) is 5.73 Å². The number of hydrogen-bond acceptors (Lipinski definition) is 2. The van der Waals surface area contributed by atoms with Crippen LogP contribution in [-0.2, 0) is 0 Å². The summed E-state index contributed by atoms with van der Waals surface area (Å²) in [6.07, 6.45) is 0.873. The lowest BCUT2D eigenvalue weighted by molar-refractivity contribution is 0.0897. The average molecular weight is 374 g/mol. The summed E-state index contributed by atoms with van der Waals surface area (Å²) in [4.78, 5) is 12.4. The zero-order valence-electron chi connectivity index (χ0n) is 12.1. The van der Waals surface area contributed by atoms with Gasteiger partial charge in [0.05, 0.1) is 0 Å². The zero-order chi connectivity index (χ0) is 14.6. The van der Waals surface area contributed by atoms with Crippen molar-refractivity contribution < 1.29 is 4.79 Å². The van der Waals surface area contributed by atoms with E-state index < -0.39 is 0 Å². The molecular weight excluding hydrogens is 351 g/mol. The molecule has 106 valence electrons. The molecule has 0 spiro atoms. The summed E-state index contributed by atoms with van der Waals surface area (Å²) in [5.41, 5.74) is 7.24. The second kappa shape index (κ2) is 6.70. The van der Waals surface area contributed by atoms with E-state index in [2.05, 4.69) is 41.8 Å². The molecule has 1 rings (SSSR count). The molecule has 1 amide bonds. The van der Waals surface area contributed by atoms with Crippen LogP contribution in [0.2, 0.25) is 0 Å². The van der Waals surface area contributed by atoms with E-state index in [1.54, 1.807) is 0 Å². The SMILES string of the molecule is Cc1c(I)cccc1C(=O)NC(C)(CN)CC(C)C. The molecular formula is C15H23IN2O. The lowest BCUT2D eigenvalue weighted by Gasteiger charge is -2.31. The fourth-order valence-electron chi connectivity index (χ4n) is 2.28. The first-order valence-electron chi connectivity index (χ1n) is 6.57. The van der Waals surface area contributed by atoms with Gasteiger partial charge in [-0.2, -0.15) is 0 Å². The van der Waals surface area contributed by atoms with Gasteiger partial charge in [0.1, 0.15) is 0 Å². The summed E-state index contributed by atoms with van der Waals surface area (Å²) >= 11 is 2.25. The molecule has 0 saturated carbocycles. The van der Waals surface area contributed by atoms with Crippen LogP contribution in [0.25, 0.3) is 0 Å². The number of carbonyl (C=O) groups excluding carboxylic acids is 1. The Kier molecular flexibility index (Phi) is 5.80. The van der Waals surface area contributed by atoms with E-state index in [0.29, 0.717) is 12.5 Å². The summed E-state index contributed by atoms with van der Waals surface area (Å²) in [5, 5.41) is 3.09. The topological polar surface area (TPSA) is 55.1 Å². The van der Waals surface area contributed by atoms with Gasteiger partial charge in [-0.3, -0.25) is 4.79 Å². The summed E-state index contributed by atoms with van der Waals surface area (Å²) in [5.74, 6) is 0.454. The van der Waals surface area contributed by atoms with Crippen LogP contribution in [0.4, 0.5) is 0 Å². The maximum Gasteiger partial charge on any atom is 0.252 e. The third-order valence-corrected chi connectivity index (χ3v) is 4.41. The maximum absolute atomic E-state index is 12.4. The van der Waals surface area contributed by atoms with Crippen LogP contribution in [-0.4, -0.2) is 18.0 Å². The Morgan fingerprint density at radius 2 is 2.11 bits per heavy atom. The summed E-state index contributed by atoms with van der Waals surface area (Å²) < 4.78 is 1.10. The smallest absolute Gasteiger partial charge is 0.252 e. The highest BCUT2D eigenvalue weighted by atomic mass is 127. The number of rotatable bonds is 5. The number of hydrogen-bond donors (Lipinski definition) is 2. The minimum absolute atomic E-state index is 0.0374. The lowest BCUT2D eigenvalue weighted by Crippen LogP contribution is -2.52. The van der Waals surface area contributed by atoms with Gasteiger partial charge in [0, 0.05) is 21.2 Å². The van der Waals surface area contributed by atoms with E-state index in [0.717, 1.165) is 21.1 Å². The average Bonchev–Trinajstić information content (AvgIpc) is 2.31. The van der Waals surface area contributed by atoms with Crippen LogP contribution in [0.15, 0.2) is 18.2 Å². The van der Waals surface area contributed by atoms with Crippen molar-refractivity contribution in [3.8, 4) is 0 Å². The quantitative estimate of drug-likeness (QED) is 0.779. The van der Waals surface area contributed by atoms with Crippen LogP contribution in [0, 0.1) is 16.4 Å². The van der Waals surface area contributed by atoms with Crippen LogP contribution >= 0.6 is 22.6 Å². The monoisotopic (exact) mass is 374 g/mol. The summed E-state index contributed by atoms with van der Waals surface area (Å²) in [7, 11) is 0. The highest BCUT2D eigenvalue weighted by Gasteiger charge is 2.26. The van der Waals surface area contributed by atoms with Crippen LogP contribution in [0.1, 0.15) is 43.1 Å². The van der Waals surface area contributed by atoms with E-state index in [-0.39, 0.29) is 11.4 Å². The molecule has 0 fully saturated rings. The Hall–Kier alpha value is -0.620. The van der Waals surface area contributed by atoms with Gasteiger partial charge in [-0.25, -0.2) is 0 Å². The second-order valence-electron chi connectivity index (χ2n) is 5.73. The highest BCUT2D eigenvalue weighted by molar-refractivity contribution is 14.1. The molecule has 1 atom stereocenters. The molecule has 1 unspecified atom stereocenters. The van der Waals surface area contributed by atoms with Gasteiger partial charge in [0.15, 0.2) is 0 Å². The van der Waals surface area contributed by atoms with Crippen molar-refractivity contribution in [3.05, 3.63) is 32.9 Å². The minimum atomic E-state index is -0.348. The molecule has 0 saturated heterocycles. The van der Waals surface area contributed by atoms with Crippen molar-refractivity contribution >= 4 is 28.5 Å². The first-order chi connectivity index (χ1) is 8.79. The first-order valence-corrected chi connectivity index (χ1v) is 7.64. The third-order valence-electron chi connectivity index (χ3n) is 3.24. The van der Waals surface area contributed by atoms with E-state index in [1.165, 1.54) is 0 Å². The summed E-state index contributed by atoms with van der Waals surface area (Å²) in [6.45, 7) is 8.69. The number of carbonyl (C=O) groups is 1. The van der Waals surface area contributed by atoms with Crippen LogP contribution < -0.4 is 11.1 Å². The number of halogens is 1. The van der Waals surface area contributed by atoms with Gasteiger partial charge in [0.2, 0.25) is 0 Å². The van der Waals surface area contributed by atoms with Crippen LogP contribution in [0.3, 0.4) is 0 Å². The Labute approximate surface area is 129 Å². The normalized spacial score (nSPS) is 14.3. The van der Waals surface area contributed by atoms with Crippen molar-refractivity contribution in [1.29, 1.82) is 0 Å². The summed E-state index contributed by atoms with van der Waals surface area (Å²) in [6, 6.07) is 5.77. The largest absolute Gasteiger partial charge is 0.346 e. The van der Waals surface area contributed by atoms with E-state index >= 15 is 0 Å². The van der Waals surface area contributed by atoms with Crippen molar-refractivity contribution in [2.45, 2.75) is 39.7 Å². The number of benzene rings is 1. The standard InChI is InChI=1S/C15H23IN2O/c1-10(2)8-15(4,9-17)18-14(19)12-6-5-7-13(16)11(12)3/h5-7,10H,8-9,17H2,1-4H3,(H,18,19). The van der Waals surface area contributed by atoms with Gasteiger partial charge in [-0.15, -0.1) is 0 Å².